The van der Waals surface area contributed by atoms with Gasteiger partial charge in [0.2, 0.25) is 0 Å². The number of aliphatic hydroxyl groups is 1. The summed E-state index contributed by atoms with van der Waals surface area (Å²) in [4.78, 5) is 0. The fourth-order valence-electron chi connectivity index (χ4n) is 3.33. The van der Waals surface area contributed by atoms with Crippen molar-refractivity contribution in [3.8, 4) is 17.2 Å². The molecule has 1 N–H and O–H groups in total. The van der Waals surface area contributed by atoms with Crippen LogP contribution < -0.4 is 4.74 Å². The van der Waals surface area contributed by atoms with Gasteiger partial charge in [0.05, 0.1) is 25.9 Å². The number of methoxy groups -OCH3 is 1. The molecule has 0 spiro atoms. The Bertz CT molecular complexity index is 767. The van der Waals surface area contributed by atoms with Crippen molar-refractivity contribution in [3.05, 3.63) is 29.8 Å². The van der Waals surface area contributed by atoms with E-state index in [2.05, 4.69) is 71.9 Å². The van der Waals surface area contributed by atoms with Crippen LogP contribution in [0.5, 0.6) is 5.75 Å². The van der Waals surface area contributed by atoms with E-state index in [-0.39, 0.29) is 17.1 Å². The minimum atomic E-state index is -1.97. The summed E-state index contributed by atoms with van der Waals surface area (Å²) in [5, 5.41) is 11.1. The zero-order valence-corrected chi connectivity index (χ0v) is 25.5. The highest BCUT2D eigenvalue weighted by Gasteiger charge is 2.40. The van der Waals surface area contributed by atoms with Gasteiger partial charge in [-0.05, 0) is 55.1 Å². The Hall–Kier alpha value is -1.11. The van der Waals surface area contributed by atoms with Crippen LogP contribution in [0.1, 0.15) is 58.9 Å². The molecule has 34 heavy (non-hydrogen) atoms. The van der Waals surface area contributed by atoms with Crippen LogP contribution in [-0.4, -0.2) is 47.4 Å². The Morgan fingerprint density at radius 1 is 1.00 bits per heavy atom. The third-order valence-electron chi connectivity index (χ3n) is 6.69. The van der Waals surface area contributed by atoms with Gasteiger partial charge >= 0.3 is 0 Å². The van der Waals surface area contributed by atoms with Crippen molar-refractivity contribution in [1.82, 2.24) is 0 Å². The van der Waals surface area contributed by atoms with Crippen molar-refractivity contribution in [2.24, 2.45) is 5.92 Å². The lowest BCUT2D eigenvalue weighted by atomic mass is 9.92. The van der Waals surface area contributed by atoms with Crippen molar-refractivity contribution in [3.63, 3.8) is 0 Å². The molecule has 1 rings (SSSR count). The van der Waals surface area contributed by atoms with Crippen LogP contribution >= 0.6 is 0 Å². The van der Waals surface area contributed by atoms with Gasteiger partial charge in [-0.3, -0.25) is 0 Å². The molecule has 194 valence electrons. The summed E-state index contributed by atoms with van der Waals surface area (Å²) in [5.74, 6) is 4.21. The third kappa shape index (κ3) is 11.5. The lowest BCUT2D eigenvalue weighted by Crippen LogP contribution is -2.47. The fraction of sp³-hybridized carbons (Fsp3) is 0.714. The van der Waals surface area contributed by atoms with Gasteiger partial charge in [-0.15, -0.1) is 11.5 Å². The molecule has 0 amide bonds. The summed E-state index contributed by atoms with van der Waals surface area (Å²) in [6.45, 7) is 21.4. The van der Waals surface area contributed by atoms with E-state index in [0.29, 0.717) is 13.2 Å². The van der Waals surface area contributed by atoms with Gasteiger partial charge in [0.1, 0.15) is 13.8 Å². The van der Waals surface area contributed by atoms with E-state index < -0.39 is 22.5 Å². The van der Waals surface area contributed by atoms with Gasteiger partial charge in [0.15, 0.2) is 8.32 Å². The highest BCUT2D eigenvalue weighted by atomic mass is 28.4. The predicted octanol–water partition coefficient (Wildman–Crippen LogP) is 7.04. The first-order valence-corrected chi connectivity index (χ1v) is 19.1. The molecule has 0 aromatic heterocycles. The topological polar surface area (TPSA) is 47.9 Å². The molecule has 0 radical (unpaired) electrons. The lowest BCUT2D eigenvalue weighted by Gasteiger charge is -2.41. The number of rotatable bonds is 13. The van der Waals surface area contributed by atoms with E-state index in [9.17, 15) is 5.11 Å². The second kappa shape index (κ2) is 13.8. The molecule has 0 bridgehead atoms. The van der Waals surface area contributed by atoms with Gasteiger partial charge in [-0.2, -0.15) is 0 Å². The van der Waals surface area contributed by atoms with Gasteiger partial charge < -0.3 is 19.0 Å². The molecule has 0 fully saturated rings. The van der Waals surface area contributed by atoms with Gasteiger partial charge in [0, 0.05) is 18.9 Å². The normalized spacial score (nSPS) is 15.3. The summed E-state index contributed by atoms with van der Waals surface area (Å²) in [5.41, 5.74) is 4.53. The van der Waals surface area contributed by atoms with Gasteiger partial charge in [-0.25, -0.2) is 0 Å². The van der Waals surface area contributed by atoms with Crippen molar-refractivity contribution in [2.75, 3.05) is 13.7 Å². The zero-order valence-electron chi connectivity index (χ0n) is 23.5. The smallest absolute Gasteiger partial charge is 0.192 e. The molecule has 1 aromatic carbocycles. The van der Waals surface area contributed by atoms with Crippen LogP contribution in [0.4, 0.5) is 0 Å². The molecule has 3 atom stereocenters. The highest BCUT2D eigenvalue weighted by Crippen LogP contribution is 2.39. The first kappa shape index (κ1) is 30.9. The summed E-state index contributed by atoms with van der Waals surface area (Å²) < 4.78 is 18.0. The van der Waals surface area contributed by atoms with Crippen LogP contribution in [0.3, 0.4) is 0 Å². The number of hydrogen-bond donors (Lipinski definition) is 1. The van der Waals surface area contributed by atoms with E-state index in [0.717, 1.165) is 37.0 Å². The standard InChI is InChI=1S/C28H50O4Si2/c1-23(26(29)14-12-11-13-21-33(6,7)8)27(32-34(9,10)28(2,3)4)19-20-31-22-24-15-17-25(30-5)18-16-24/h15-18,23,26-27,29H,11-12,14,19-20,22H2,1-10H3/t23-,26?,27+/m1/s1. The van der Waals surface area contributed by atoms with Crippen molar-refractivity contribution >= 4 is 16.4 Å². The summed E-state index contributed by atoms with van der Waals surface area (Å²) in [7, 11) is -1.63. The Balaban J connectivity index is 2.71. The van der Waals surface area contributed by atoms with Crippen LogP contribution in [0, 0.1) is 17.4 Å². The molecule has 0 aliphatic carbocycles. The maximum atomic E-state index is 11.0. The predicted molar refractivity (Wildman–Crippen MR) is 149 cm³/mol. The minimum Gasteiger partial charge on any atom is -0.497 e. The molecule has 0 saturated heterocycles. The third-order valence-corrected chi connectivity index (χ3v) is 12.1. The van der Waals surface area contributed by atoms with Crippen LogP contribution in [-0.2, 0) is 15.8 Å². The Kier molecular flexibility index (Phi) is 12.6. The average Bonchev–Trinajstić information content (AvgIpc) is 2.73. The molecule has 6 heteroatoms. The van der Waals surface area contributed by atoms with E-state index >= 15 is 0 Å². The molecule has 0 aliphatic rings. The van der Waals surface area contributed by atoms with Crippen LogP contribution in [0.2, 0.25) is 37.8 Å². The molecular weight excluding hydrogens is 456 g/mol. The number of ether oxygens (including phenoxy) is 2. The molecule has 1 unspecified atom stereocenters. The van der Waals surface area contributed by atoms with E-state index in [1.807, 2.05) is 24.3 Å². The second-order valence-electron chi connectivity index (χ2n) is 12.0. The fourth-order valence-corrected chi connectivity index (χ4v) is 5.43. The largest absolute Gasteiger partial charge is 0.497 e. The molecule has 4 nitrogen and oxygen atoms in total. The first-order chi connectivity index (χ1) is 15.7. The maximum absolute atomic E-state index is 11.0. The van der Waals surface area contributed by atoms with E-state index in [1.54, 1.807) is 7.11 Å². The molecule has 0 saturated carbocycles. The van der Waals surface area contributed by atoms with Crippen molar-refractivity contribution in [1.29, 1.82) is 0 Å². The zero-order chi connectivity index (χ0) is 26.0. The summed E-state index contributed by atoms with van der Waals surface area (Å²) >= 11 is 0. The average molecular weight is 507 g/mol. The van der Waals surface area contributed by atoms with Crippen molar-refractivity contribution in [2.45, 2.75) is 110 Å². The quantitative estimate of drug-likeness (QED) is 0.177. The lowest BCUT2D eigenvalue weighted by molar-refractivity contribution is 0.00126. The first-order valence-electron chi connectivity index (χ1n) is 12.7. The Labute approximate surface area is 211 Å². The van der Waals surface area contributed by atoms with Gasteiger partial charge in [-0.1, -0.05) is 59.5 Å². The van der Waals surface area contributed by atoms with E-state index in [4.69, 9.17) is 13.9 Å². The van der Waals surface area contributed by atoms with Gasteiger partial charge in [0.25, 0.3) is 0 Å². The second-order valence-corrected chi connectivity index (χ2v) is 21.5. The Morgan fingerprint density at radius 2 is 1.62 bits per heavy atom. The number of aliphatic hydroxyl groups excluding tert-OH is 1. The maximum Gasteiger partial charge on any atom is 0.192 e. The SMILES string of the molecule is COc1ccc(COCC[C@H](O[Si](C)(C)C(C)(C)C)[C@H](C)C(O)CCCC#C[Si](C)(C)C)cc1. The molecular formula is C28H50O4Si2. The number of unbranched alkanes of at least 4 members (excludes halogenated alkanes) is 1. The monoisotopic (exact) mass is 506 g/mol. The molecule has 0 heterocycles. The van der Waals surface area contributed by atoms with Crippen LogP contribution in [0.25, 0.3) is 0 Å². The van der Waals surface area contributed by atoms with Crippen LogP contribution in [0.15, 0.2) is 24.3 Å². The molecule has 0 aliphatic heterocycles. The minimum absolute atomic E-state index is 0.0279. The molecule has 1 aromatic rings. The summed E-state index contributed by atoms with van der Waals surface area (Å²) in [6, 6.07) is 7.96. The highest BCUT2D eigenvalue weighted by molar-refractivity contribution is 6.83. The number of benzene rings is 1. The Morgan fingerprint density at radius 3 is 2.15 bits per heavy atom. The van der Waals surface area contributed by atoms with E-state index in [1.165, 1.54) is 0 Å². The number of hydrogen-bond acceptors (Lipinski definition) is 4. The van der Waals surface area contributed by atoms with Crippen molar-refractivity contribution < 1.29 is 19.0 Å². The summed E-state index contributed by atoms with van der Waals surface area (Å²) in [6.07, 6.45) is 2.88.